The topological polar surface area (TPSA) is 52.6 Å². The molecular weight excluding hydrogens is 505 g/mol. The maximum absolute atomic E-state index is 5.69. The van der Waals surface area contributed by atoms with Gasteiger partial charge in [-0.15, -0.1) is 24.0 Å². The van der Waals surface area contributed by atoms with Crippen molar-refractivity contribution in [1.82, 2.24) is 20.0 Å². The van der Waals surface area contributed by atoms with Crippen LogP contribution in [-0.4, -0.2) is 99.9 Å². The molecule has 7 nitrogen and oxygen atoms in total. The molecule has 4 rings (SSSR count). The summed E-state index contributed by atoms with van der Waals surface area (Å²) in [4.78, 5) is 12.2. The van der Waals surface area contributed by atoms with Gasteiger partial charge in [-0.2, -0.15) is 0 Å². The monoisotopic (exact) mass is 543 g/mol. The lowest BCUT2D eigenvalue weighted by atomic mass is 10.0. The lowest BCUT2D eigenvalue weighted by molar-refractivity contribution is 0.0194. The molecule has 0 aromatic heterocycles. The van der Waals surface area contributed by atoms with Gasteiger partial charge in [0, 0.05) is 51.4 Å². The Labute approximate surface area is 204 Å². The highest BCUT2D eigenvalue weighted by Gasteiger charge is 2.31. The van der Waals surface area contributed by atoms with Gasteiger partial charge >= 0.3 is 0 Å². The molecule has 3 fully saturated rings. The number of morpholine rings is 1. The quantitative estimate of drug-likeness (QED) is 0.338. The van der Waals surface area contributed by atoms with Gasteiger partial charge < -0.3 is 19.7 Å². The lowest BCUT2D eigenvalue weighted by Gasteiger charge is -2.33. The summed E-state index contributed by atoms with van der Waals surface area (Å²) in [7, 11) is 3.67. The van der Waals surface area contributed by atoms with Gasteiger partial charge in [-0.1, -0.05) is 18.2 Å². The fraction of sp³-hybridized carbons (Fsp3) is 0.696. The minimum atomic E-state index is 0. The van der Waals surface area contributed by atoms with Crippen molar-refractivity contribution in [2.24, 2.45) is 4.99 Å². The van der Waals surface area contributed by atoms with Crippen molar-refractivity contribution < 1.29 is 9.47 Å². The van der Waals surface area contributed by atoms with E-state index in [2.05, 4.69) is 43.2 Å². The molecule has 1 N–H and O–H groups in total. The van der Waals surface area contributed by atoms with Crippen LogP contribution in [0.1, 0.15) is 30.9 Å². The third-order valence-electron chi connectivity index (χ3n) is 6.77. The van der Waals surface area contributed by atoms with Crippen molar-refractivity contribution in [2.45, 2.75) is 31.3 Å². The van der Waals surface area contributed by atoms with Gasteiger partial charge in [-0.3, -0.25) is 14.8 Å². The van der Waals surface area contributed by atoms with Crippen molar-refractivity contribution in [3.63, 3.8) is 0 Å². The van der Waals surface area contributed by atoms with Crippen LogP contribution < -0.4 is 10.1 Å². The number of para-hydroxylation sites is 1. The van der Waals surface area contributed by atoms with E-state index in [1.807, 2.05) is 13.1 Å². The first kappa shape index (κ1) is 24.5. The van der Waals surface area contributed by atoms with Crippen LogP contribution in [0.2, 0.25) is 0 Å². The zero-order valence-corrected chi connectivity index (χ0v) is 21.3. The molecule has 0 bridgehead atoms. The highest BCUT2D eigenvalue weighted by Crippen LogP contribution is 2.31. The summed E-state index contributed by atoms with van der Waals surface area (Å²) >= 11 is 0. The molecule has 0 aliphatic carbocycles. The van der Waals surface area contributed by atoms with Gasteiger partial charge in [-0.25, -0.2) is 0 Å². The van der Waals surface area contributed by atoms with Gasteiger partial charge in [-0.05, 0) is 38.4 Å². The zero-order chi connectivity index (χ0) is 20.8. The molecule has 3 aliphatic rings. The second-order valence-corrected chi connectivity index (χ2v) is 8.47. The standard InChI is InChI=1S/C23H37N5O2.HI/c1-24-23(28-12-9-19(18-28)26-13-15-30-16-14-26)25-17-21(27-10-5-6-11-27)20-7-3-4-8-22(20)29-2;/h3-4,7-8,19,21H,5-6,9-18H2,1-2H3,(H,24,25);1H. The van der Waals surface area contributed by atoms with Crippen LogP contribution in [0.5, 0.6) is 5.75 Å². The first-order valence-corrected chi connectivity index (χ1v) is 11.4. The maximum atomic E-state index is 5.69. The fourth-order valence-electron chi connectivity index (χ4n) is 5.13. The number of likely N-dealkylation sites (tertiary alicyclic amines) is 2. The van der Waals surface area contributed by atoms with E-state index < -0.39 is 0 Å². The molecule has 0 amide bonds. The molecule has 8 heteroatoms. The van der Waals surface area contributed by atoms with Gasteiger partial charge in [0.15, 0.2) is 5.96 Å². The van der Waals surface area contributed by atoms with Crippen molar-refractivity contribution in [2.75, 3.05) is 73.2 Å². The Kier molecular flexibility index (Phi) is 9.68. The van der Waals surface area contributed by atoms with Crippen LogP contribution in [0, 0.1) is 0 Å². The molecule has 0 radical (unpaired) electrons. The molecule has 0 spiro atoms. The highest BCUT2D eigenvalue weighted by atomic mass is 127. The van der Waals surface area contributed by atoms with Crippen LogP contribution in [0.15, 0.2) is 29.3 Å². The second-order valence-electron chi connectivity index (χ2n) is 8.47. The summed E-state index contributed by atoms with van der Waals surface area (Å²) in [5.74, 6) is 1.99. The molecular formula is C23H38IN5O2. The SMILES string of the molecule is CN=C(NCC(c1ccccc1OC)N1CCCC1)N1CCC(N2CCOCC2)C1.I. The number of hydrogen-bond donors (Lipinski definition) is 1. The van der Waals surface area contributed by atoms with E-state index in [4.69, 9.17) is 9.47 Å². The first-order valence-electron chi connectivity index (χ1n) is 11.4. The number of methoxy groups -OCH3 is 1. The van der Waals surface area contributed by atoms with E-state index in [1.54, 1.807) is 7.11 Å². The normalized spacial score (nSPS) is 24.1. The summed E-state index contributed by atoms with van der Waals surface area (Å²) in [6, 6.07) is 9.33. The molecule has 1 aromatic rings. The average Bonchev–Trinajstić information content (AvgIpc) is 3.50. The number of nitrogens with zero attached hydrogens (tertiary/aromatic N) is 4. The molecule has 2 atom stereocenters. The third kappa shape index (κ3) is 6.03. The fourth-order valence-corrected chi connectivity index (χ4v) is 5.13. The largest absolute Gasteiger partial charge is 0.496 e. The number of hydrogen-bond acceptors (Lipinski definition) is 5. The number of aliphatic imine (C=N–C) groups is 1. The average molecular weight is 543 g/mol. The highest BCUT2D eigenvalue weighted by molar-refractivity contribution is 14.0. The molecule has 174 valence electrons. The Bertz CT molecular complexity index is 707. The van der Waals surface area contributed by atoms with E-state index in [0.29, 0.717) is 6.04 Å². The van der Waals surface area contributed by atoms with Gasteiger partial charge in [0.1, 0.15) is 5.75 Å². The molecule has 0 saturated carbocycles. The van der Waals surface area contributed by atoms with E-state index in [0.717, 1.165) is 70.7 Å². The number of benzene rings is 1. The number of guanidine groups is 1. The third-order valence-corrected chi connectivity index (χ3v) is 6.77. The zero-order valence-electron chi connectivity index (χ0n) is 19.0. The smallest absolute Gasteiger partial charge is 0.193 e. The predicted octanol–water partition coefficient (Wildman–Crippen LogP) is 2.43. The van der Waals surface area contributed by atoms with Crippen LogP contribution in [0.3, 0.4) is 0 Å². The molecule has 3 aliphatic heterocycles. The van der Waals surface area contributed by atoms with E-state index in [9.17, 15) is 0 Å². The summed E-state index contributed by atoms with van der Waals surface area (Å²) in [5.41, 5.74) is 1.26. The Hall–Kier alpha value is -1.10. The summed E-state index contributed by atoms with van der Waals surface area (Å²) in [6.07, 6.45) is 3.74. The van der Waals surface area contributed by atoms with Crippen LogP contribution in [0.4, 0.5) is 0 Å². The molecule has 2 unspecified atom stereocenters. The minimum absolute atomic E-state index is 0. The number of rotatable bonds is 6. The summed E-state index contributed by atoms with van der Waals surface area (Å²) < 4.78 is 11.2. The van der Waals surface area contributed by atoms with Gasteiger partial charge in [0.05, 0.1) is 26.4 Å². The minimum Gasteiger partial charge on any atom is -0.496 e. The van der Waals surface area contributed by atoms with Crippen molar-refractivity contribution in [3.8, 4) is 5.75 Å². The second kappa shape index (κ2) is 12.2. The number of halogens is 1. The molecule has 3 heterocycles. The lowest BCUT2D eigenvalue weighted by Crippen LogP contribution is -2.47. The van der Waals surface area contributed by atoms with Crippen LogP contribution >= 0.6 is 24.0 Å². The molecule has 31 heavy (non-hydrogen) atoms. The van der Waals surface area contributed by atoms with Crippen molar-refractivity contribution >= 4 is 29.9 Å². The molecule has 1 aromatic carbocycles. The van der Waals surface area contributed by atoms with Crippen molar-refractivity contribution in [3.05, 3.63) is 29.8 Å². The Balaban J connectivity index is 0.00000272. The van der Waals surface area contributed by atoms with Crippen molar-refractivity contribution in [1.29, 1.82) is 0 Å². The maximum Gasteiger partial charge on any atom is 0.193 e. The summed E-state index contributed by atoms with van der Waals surface area (Å²) in [6.45, 7) is 9.06. The first-order chi connectivity index (χ1) is 14.8. The predicted molar refractivity (Wildman–Crippen MR) is 136 cm³/mol. The van der Waals surface area contributed by atoms with Crippen LogP contribution in [0.25, 0.3) is 0 Å². The Morgan fingerprint density at radius 2 is 1.90 bits per heavy atom. The Morgan fingerprint density at radius 1 is 1.16 bits per heavy atom. The number of ether oxygens (including phenoxy) is 2. The number of nitrogens with one attached hydrogen (secondary N) is 1. The summed E-state index contributed by atoms with van der Waals surface area (Å²) in [5, 5.41) is 3.70. The van der Waals surface area contributed by atoms with E-state index in [1.165, 1.54) is 24.8 Å². The Morgan fingerprint density at radius 3 is 2.61 bits per heavy atom. The van der Waals surface area contributed by atoms with Crippen LogP contribution in [-0.2, 0) is 4.74 Å². The van der Waals surface area contributed by atoms with E-state index >= 15 is 0 Å². The molecule has 3 saturated heterocycles. The van der Waals surface area contributed by atoms with E-state index in [-0.39, 0.29) is 30.0 Å². The van der Waals surface area contributed by atoms with Gasteiger partial charge in [0.25, 0.3) is 0 Å². The van der Waals surface area contributed by atoms with Gasteiger partial charge in [0.2, 0.25) is 0 Å².